The summed E-state index contributed by atoms with van der Waals surface area (Å²) in [6.45, 7) is 6.07. The van der Waals surface area contributed by atoms with Crippen LogP contribution in [0.3, 0.4) is 0 Å². The van der Waals surface area contributed by atoms with Crippen molar-refractivity contribution >= 4 is 11.9 Å². The Balaban J connectivity index is 1.52. The Bertz CT molecular complexity index is 922. The van der Waals surface area contributed by atoms with E-state index >= 15 is 0 Å². The zero-order chi connectivity index (χ0) is 19.8. The van der Waals surface area contributed by atoms with Crippen molar-refractivity contribution in [2.24, 2.45) is 15.6 Å². The lowest BCUT2D eigenvalue weighted by Crippen LogP contribution is -2.74. The van der Waals surface area contributed by atoms with Gasteiger partial charge in [-0.25, -0.2) is 0 Å². The number of ether oxygens (including phenoxy) is 1. The molecular weight excluding hydrogens is 366 g/mol. The number of hydrogen-bond acceptors (Lipinski definition) is 7. The van der Waals surface area contributed by atoms with Crippen molar-refractivity contribution in [1.29, 1.82) is 0 Å². The van der Waals surface area contributed by atoms with Gasteiger partial charge in [-0.2, -0.15) is 10.2 Å². The van der Waals surface area contributed by atoms with E-state index in [0.717, 1.165) is 50.9 Å². The fraction of sp³-hybridized carbons (Fsp3) is 0.364. The van der Waals surface area contributed by atoms with Crippen LogP contribution in [-0.2, 0) is 0 Å². The van der Waals surface area contributed by atoms with Crippen LogP contribution < -0.4 is 4.74 Å². The minimum absolute atomic E-state index is 0.0656. The van der Waals surface area contributed by atoms with Gasteiger partial charge in [0, 0.05) is 25.2 Å². The number of phenols is 1. The zero-order valence-electron chi connectivity index (χ0n) is 16.5. The lowest BCUT2D eigenvalue weighted by molar-refractivity contribution is -0.149. The van der Waals surface area contributed by atoms with E-state index < -0.39 is 0 Å². The van der Waals surface area contributed by atoms with Crippen LogP contribution >= 0.6 is 0 Å². The van der Waals surface area contributed by atoms with Crippen LogP contribution in [0.4, 0.5) is 0 Å². The van der Waals surface area contributed by atoms with Crippen molar-refractivity contribution in [2.75, 3.05) is 46.8 Å². The lowest BCUT2D eigenvalue weighted by atomic mass is 9.74. The van der Waals surface area contributed by atoms with E-state index in [1.165, 1.54) is 7.11 Å². The standard InChI is InChI=1S/C22H25N5O2/c1-29-19-9-5-8-18(20(19)28)10-23-24-21(17-6-3-2-4-7-17)22-11-25-14-26(12-22)16-27(13-22)15-25/h2-10,28H,11-16H2,1H3/b23-10-,24-21+. The molecule has 150 valence electrons. The highest BCUT2D eigenvalue weighted by Gasteiger charge is 2.51. The predicted octanol–water partition coefficient (Wildman–Crippen LogP) is 2.03. The first kappa shape index (κ1) is 18.3. The molecule has 2 aromatic rings. The van der Waals surface area contributed by atoms with Crippen molar-refractivity contribution < 1.29 is 9.84 Å². The molecule has 4 fully saturated rings. The lowest BCUT2D eigenvalue weighted by Gasteiger charge is -2.60. The molecule has 0 aliphatic carbocycles. The molecule has 1 N–H and O–H groups in total. The average molecular weight is 391 g/mol. The third-order valence-corrected chi connectivity index (χ3v) is 5.93. The first-order chi connectivity index (χ1) is 14.2. The van der Waals surface area contributed by atoms with Gasteiger partial charge in [0.1, 0.15) is 0 Å². The number of aromatic hydroxyl groups is 1. The molecule has 2 aromatic carbocycles. The largest absolute Gasteiger partial charge is 0.504 e. The summed E-state index contributed by atoms with van der Waals surface area (Å²) in [5.74, 6) is 0.504. The molecule has 0 amide bonds. The molecular formula is C22H25N5O2. The molecule has 6 rings (SSSR count). The topological polar surface area (TPSA) is 63.9 Å². The van der Waals surface area contributed by atoms with Gasteiger partial charge < -0.3 is 9.84 Å². The minimum Gasteiger partial charge on any atom is -0.504 e. The van der Waals surface area contributed by atoms with Crippen LogP contribution in [0.2, 0.25) is 0 Å². The Kier molecular flexibility index (Phi) is 4.58. The molecule has 4 aliphatic rings. The maximum Gasteiger partial charge on any atom is 0.166 e. The summed E-state index contributed by atoms with van der Waals surface area (Å²) in [7, 11) is 1.54. The molecule has 4 bridgehead atoms. The molecule has 7 heteroatoms. The van der Waals surface area contributed by atoms with Crippen molar-refractivity contribution in [3.8, 4) is 11.5 Å². The monoisotopic (exact) mass is 391 g/mol. The summed E-state index contributed by atoms with van der Waals surface area (Å²) in [6, 6.07) is 15.7. The van der Waals surface area contributed by atoms with Crippen LogP contribution in [0.1, 0.15) is 11.1 Å². The third-order valence-electron chi connectivity index (χ3n) is 5.93. The van der Waals surface area contributed by atoms with Crippen molar-refractivity contribution in [3.63, 3.8) is 0 Å². The number of rotatable bonds is 5. The van der Waals surface area contributed by atoms with E-state index in [1.807, 2.05) is 24.3 Å². The van der Waals surface area contributed by atoms with E-state index in [9.17, 15) is 5.11 Å². The number of nitrogens with zero attached hydrogens (tertiary/aromatic N) is 5. The maximum atomic E-state index is 10.3. The fourth-order valence-corrected chi connectivity index (χ4v) is 4.96. The highest BCUT2D eigenvalue weighted by molar-refractivity contribution is 6.05. The zero-order valence-corrected chi connectivity index (χ0v) is 16.5. The summed E-state index contributed by atoms with van der Waals surface area (Å²) in [6.07, 6.45) is 1.60. The molecule has 0 atom stereocenters. The molecule has 29 heavy (non-hydrogen) atoms. The molecule has 0 saturated carbocycles. The van der Waals surface area contributed by atoms with Crippen molar-refractivity contribution in [1.82, 2.24) is 14.7 Å². The van der Waals surface area contributed by atoms with Gasteiger partial charge in [0.05, 0.1) is 44.5 Å². The van der Waals surface area contributed by atoms with Gasteiger partial charge >= 0.3 is 0 Å². The highest BCUT2D eigenvalue weighted by atomic mass is 16.5. The number of benzene rings is 2. The van der Waals surface area contributed by atoms with Crippen LogP contribution in [0.15, 0.2) is 58.7 Å². The van der Waals surface area contributed by atoms with Gasteiger partial charge in [0.25, 0.3) is 0 Å². The Morgan fingerprint density at radius 1 is 0.966 bits per heavy atom. The third kappa shape index (κ3) is 3.31. The number of hydrogen-bond donors (Lipinski definition) is 1. The Hall–Kier alpha value is -2.74. The molecule has 7 nitrogen and oxygen atoms in total. The Labute approximate surface area is 170 Å². The highest BCUT2D eigenvalue weighted by Crippen LogP contribution is 2.38. The van der Waals surface area contributed by atoms with E-state index in [0.29, 0.717) is 11.3 Å². The van der Waals surface area contributed by atoms with E-state index in [4.69, 9.17) is 9.84 Å². The van der Waals surface area contributed by atoms with Gasteiger partial charge in [-0.3, -0.25) is 14.7 Å². The van der Waals surface area contributed by atoms with Gasteiger partial charge in [-0.15, -0.1) is 0 Å². The molecule has 0 aromatic heterocycles. The van der Waals surface area contributed by atoms with Crippen molar-refractivity contribution in [2.45, 2.75) is 0 Å². The second kappa shape index (κ2) is 7.26. The SMILES string of the molecule is COc1cccc(/C=N\N=C(/c2ccccc2)C23CN4CN(CN(C4)C2)C3)c1O. The van der Waals surface area contributed by atoms with Crippen LogP contribution in [0.5, 0.6) is 11.5 Å². The van der Waals surface area contributed by atoms with Crippen LogP contribution in [-0.4, -0.2) is 78.5 Å². The number of phenolic OH excluding ortho intramolecular Hbond substituents is 1. The summed E-state index contributed by atoms with van der Waals surface area (Å²) < 4.78 is 5.18. The van der Waals surface area contributed by atoms with Crippen LogP contribution in [0.25, 0.3) is 0 Å². The smallest absolute Gasteiger partial charge is 0.166 e. The summed E-state index contributed by atoms with van der Waals surface area (Å²) >= 11 is 0. The second-order valence-corrected chi connectivity index (χ2v) is 8.15. The quantitative estimate of drug-likeness (QED) is 0.624. The van der Waals surface area contributed by atoms with E-state index in [-0.39, 0.29) is 11.2 Å². The van der Waals surface area contributed by atoms with Gasteiger partial charge in [0.15, 0.2) is 11.5 Å². The fourth-order valence-electron chi connectivity index (χ4n) is 4.96. The molecule has 4 saturated heterocycles. The first-order valence-corrected chi connectivity index (χ1v) is 9.87. The second-order valence-electron chi connectivity index (χ2n) is 8.15. The molecule has 4 aliphatic heterocycles. The molecule has 4 heterocycles. The average Bonchev–Trinajstić information content (AvgIpc) is 2.72. The van der Waals surface area contributed by atoms with Crippen LogP contribution in [0, 0.1) is 5.41 Å². The maximum absolute atomic E-state index is 10.3. The minimum atomic E-state index is -0.0656. The first-order valence-electron chi connectivity index (χ1n) is 9.87. The van der Waals surface area contributed by atoms with Gasteiger partial charge in [-0.1, -0.05) is 36.4 Å². The predicted molar refractivity (Wildman–Crippen MR) is 112 cm³/mol. The van der Waals surface area contributed by atoms with Gasteiger partial charge in [-0.05, 0) is 17.7 Å². The van der Waals surface area contributed by atoms with Crippen molar-refractivity contribution in [3.05, 3.63) is 59.7 Å². The van der Waals surface area contributed by atoms with E-state index in [2.05, 4.69) is 31.9 Å². The number of para-hydroxylation sites is 1. The summed E-state index contributed by atoms with van der Waals surface area (Å²) in [5.41, 5.74) is 2.63. The molecule has 0 unspecified atom stereocenters. The summed E-state index contributed by atoms with van der Waals surface area (Å²) in [5, 5.41) is 19.4. The Morgan fingerprint density at radius 3 is 2.24 bits per heavy atom. The van der Waals surface area contributed by atoms with Gasteiger partial charge in [0.2, 0.25) is 0 Å². The summed E-state index contributed by atoms with van der Waals surface area (Å²) in [4.78, 5) is 7.44. The molecule has 0 radical (unpaired) electrons. The number of methoxy groups -OCH3 is 1. The molecule has 0 spiro atoms. The van der Waals surface area contributed by atoms with E-state index in [1.54, 1.807) is 18.3 Å². The Morgan fingerprint density at radius 2 is 1.62 bits per heavy atom. The normalized spacial score (nSPS) is 30.8.